The summed E-state index contributed by atoms with van der Waals surface area (Å²) in [7, 11) is 0. The minimum atomic E-state index is -0.299. The molecule has 1 aliphatic rings. The number of nitrogens with zero attached hydrogens (tertiary/aromatic N) is 4. The number of aromatic amines is 1. The fraction of sp³-hybridized carbons (Fsp3) is 0.500. The van der Waals surface area contributed by atoms with Crippen LogP contribution in [0.3, 0.4) is 0 Å². The van der Waals surface area contributed by atoms with Crippen molar-refractivity contribution < 1.29 is 4.79 Å². The first-order chi connectivity index (χ1) is 11.0. The van der Waals surface area contributed by atoms with Crippen LogP contribution in [0.1, 0.15) is 35.9 Å². The van der Waals surface area contributed by atoms with Crippen LogP contribution in [0, 0.1) is 13.8 Å². The molecule has 0 radical (unpaired) electrons. The van der Waals surface area contributed by atoms with Gasteiger partial charge < -0.3 is 14.5 Å². The van der Waals surface area contributed by atoms with Gasteiger partial charge in [0.1, 0.15) is 17.7 Å². The molecule has 1 aliphatic heterocycles. The molecule has 7 nitrogen and oxygen atoms in total. The van der Waals surface area contributed by atoms with Gasteiger partial charge in [-0.2, -0.15) is 0 Å². The van der Waals surface area contributed by atoms with Crippen molar-refractivity contribution in [1.29, 1.82) is 0 Å². The third-order valence-corrected chi connectivity index (χ3v) is 4.42. The van der Waals surface area contributed by atoms with E-state index >= 15 is 0 Å². The lowest BCUT2D eigenvalue weighted by Gasteiger charge is -2.25. The number of rotatable bonds is 2. The Kier molecular flexibility index (Phi) is 4.02. The first-order valence-corrected chi connectivity index (χ1v) is 7.84. The number of fused-ring (bicyclic) bond motifs is 1. The molecule has 0 spiro atoms. The summed E-state index contributed by atoms with van der Waals surface area (Å²) in [6.07, 6.45) is 4.67. The van der Waals surface area contributed by atoms with E-state index < -0.39 is 0 Å². The van der Waals surface area contributed by atoms with Crippen LogP contribution >= 0.6 is 0 Å². The number of carbonyl (C=O) groups is 1. The second kappa shape index (κ2) is 5.98. The van der Waals surface area contributed by atoms with Crippen molar-refractivity contribution >= 4 is 5.91 Å². The topological polar surface area (TPSA) is 83.9 Å². The predicted molar refractivity (Wildman–Crippen MR) is 85.3 cm³/mol. The standard InChI is InChI=1S/C16H21N5O2/c1-10(21-9-6-17-12(21)3)16(23)20-7-4-13-14(5-8-20)18-11(2)19-15(13)22/h6,9-10H,4-5,7-8H2,1-3H3,(H,18,19,22). The molecule has 3 heterocycles. The summed E-state index contributed by atoms with van der Waals surface area (Å²) in [5.74, 6) is 1.49. The molecule has 122 valence electrons. The molecule has 0 aliphatic carbocycles. The number of amides is 1. The Morgan fingerprint density at radius 2 is 2.04 bits per heavy atom. The number of hydrogen-bond donors (Lipinski definition) is 1. The van der Waals surface area contributed by atoms with Gasteiger partial charge in [-0.1, -0.05) is 0 Å². The zero-order valence-corrected chi connectivity index (χ0v) is 13.7. The lowest BCUT2D eigenvalue weighted by molar-refractivity contribution is -0.134. The Morgan fingerprint density at radius 1 is 1.30 bits per heavy atom. The van der Waals surface area contributed by atoms with Gasteiger partial charge in [0.25, 0.3) is 5.56 Å². The van der Waals surface area contributed by atoms with E-state index in [1.807, 2.05) is 29.5 Å². The summed E-state index contributed by atoms with van der Waals surface area (Å²) in [6, 6.07) is -0.299. The highest BCUT2D eigenvalue weighted by molar-refractivity contribution is 5.80. The minimum absolute atomic E-state index is 0.0482. The van der Waals surface area contributed by atoms with E-state index in [4.69, 9.17) is 0 Å². The van der Waals surface area contributed by atoms with Crippen molar-refractivity contribution in [2.45, 2.75) is 39.7 Å². The highest BCUT2D eigenvalue weighted by Crippen LogP contribution is 2.16. The number of aromatic nitrogens is 4. The quantitative estimate of drug-likeness (QED) is 0.887. The van der Waals surface area contributed by atoms with E-state index in [9.17, 15) is 9.59 Å². The van der Waals surface area contributed by atoms with Crippen LogP contribution in [0.5, 0.6) is 0 Å². The number of nitrogens with one attached hydrogen (secondary N) is 1. The molecule has 2 aromatic heterocycles. The van der Waals surface area contributed by atoms with Crippen molar-refractivity contribution in [2.24, 2.45) is 0 Å². The summed E-state index contributed by atoms with van der Waals surface area (Å²) >= 11 is 0. The van der Waals surface area contributed by atoms with Crippen molar-refractivity contribution in [3.05, 3.63) is 45.7 Å². The fourth-order valence-electron chi connectivity index (χ4n) is 3.13. The van der Waals surface area contributed by atoms with Gasteiger partial charge in [-0.05, 0) is 27.2 Å². The van der Waals surface area contributed by atoms with Crippen molar-refractivity contribution in [3.8, 4) is 0 Å². The fourth-order valence-corrected chi connectivity index (χ4v) is 3.13. The van der Waals surface area contributed by atoms with Gasteiger partial charge in [0.2, 0.25) is 5.91 Å². The molecule has 1 amide bonds. The van der Waals surface area contributed by atoms with E-state index in [-0.39, 0.29) is 17.5 Å². The maximum absolute atomic E-state index is 12.8. The van der Waals surface area contributed by atoms with Gasteiger partial charge >= 0.3 is 0 Å². The van der Waals surface area contributed by atoms with E-state index in [1.165, 1.54) is 0 Å². The summed E-state index contributed by atoms with van der Waals surface area (Å²) in [5.41, 5.74) is 1.44. The Bertz CT molecular complexity index is 792. The Morgan fingerprint density at radius 3 is 2.74 bits per heavy atom. The molecule has 1 N–H and O–H groups in total. The van der Waals surface area contributed by atoms with Gasteiger partial charge in [-0.25, -0.2) is 9.97 Å². The molecule has 0 bridgehead atoms. The number of carbonyl (C=O) groups excluding carboxylic acids is 1. The Balaban J connectivity index is 1.79. The zero-order valence-electron chi connectivity index (χ0n) is 13.7. The van der Waals surface area contributed by atoms with Crippen molar-refractivity contribution in [2.75, 3.05) is 13.1 Å². The summed E-state index contributed by atoms with van der Waals surface area (Å²) < 4.78 is 1.87. The predicted octanol–water partition coefficient (Wildman–Crippen LogP) is 0.772. The molecule has 3 rings (SSSR count). The van der Waals surface area contributed by atoms with Crippen LogP contribution in [0.25, 0.3) is 0 Å². The molecular weight excluding hydrogens is 294 g/mol. The van der Waals surface area contributed by atoms with Crippen LogP contribution in [-0.4, -0.2) is 43.4 Å². The van der Waals surface area contributed by atoms with E-state index in [0.29, 0.717) is 37.3 Å². The molecule has 0 saturated heterocycles. The first-order valence-electron chi connectivity index (χ1n) is 7.84. The first kappa shape index (κ1) is 15.5. The maximum atomic E-state index is 12.8. The molecule has 23 heavy (non-hydrogen) atoms. The summed E-state index contributed by atoms with van der Waals surface area (Å²) in [6.45, 7) is 6.66. The van der Waals surface area contributed by atoms with Crippen LogP contribution in [0.15, 0.2) is 17.2 Å². The van der Waals surface area contributed by atoms with Gasteiger partial charge in [-0.3, -0.25) is 9.59 Å². The Labute approximate surface area is 134 Å². The average Bonchev–Trinajstić information content (AvgIpc) is 2.81. The van der Waals surface area contributed by atoms with E-state index in [2.05, 4.69) is 15.0 Å². The second-order valence-corrected chi connectivity index (χ2v) is 5.96. The molecule has 2 aromatic rings. The molecule has 1 atom stereocenters. The van der Waals surface area contributed by atoms with Crippen LogP contribution in [0.2, 0.25) is 0 Å². The van der Waals surface area contributed by atoms with Crippen molar-refractivity contribution in [3.63, 3.8) is 0 Å². The normalized spacial score (nSPS) is 15.9. The van der Waals surface area contributed by atoms with Crippen LogP contribution in [-0.2, 0) is 17.6 Å². The van der Waals surface area contributed by atoms with Gasteiger partial charge in [-0.15, -0.1) is 0 Å². The van der Waals surface area contributed by atoms with Gasteiger partial charge in [0.05, 0.1) is 5.69 Å². The molecule has 0 fully saturated rings. The second-order valence-electron chi connectivity index (χ2n) is 5.96. The number of imidazole rings is 1. The monoisotopic (exact) mass is 315 g/mol. The van der Waals surface area contributed by atoms with E-state index in [0.717, 1.165) is 11.5 Å². The lowest BCUT2D eigenvalue weighted by Crippen LogP contribution is -2.38. The van der Waals surface area contributed by atoms with Crippen molar-refractivity contribution in [1.82, 2.24) is 24.4 Å². The summed E-state index contributed by atoms with van der Waals surface area (Å²) in [4.78, 5) is 38.0. The molecular formula is C16H21N5O2. The third kappa shape index (κ3) is 2.91. The zero-order chi connectivity index (χ0) is 16.6. The van der Waals surface area contributed by atoms with Crippen LogP contribution in [0.4, 0.5) is 0 Å². The lowest BCUT2D eigenvalue weighted by atomic mass is 10.1. The molecule has 1 unspecified atom stereocenters. The number of H-pyrrole nitrogens is 1. The molecule has 7 heteroatoms. The largest absolute Gasteiger partial charge is 0.340 e. The van der Waals surface area contributed by atoms with E-state index in [1.54, 1.807) is 13.1 Å². The highest BCUT2D eigenvalue weighted by atomic mass is 16.2. The van der Waals surface area contributed by atoms with Gasteiger partial charge in [0, 0.05) is 37.5 Å². The summed E-state index contributed by atoms with van der Waals surface area (Å²) in [5, 5.41) is 0. The maximum Gasteiger partial charge on any atom is 0.254 e. The molecule has 0 aromatic carbocycles. The number of hydrogen-bond acceptors (Lipinski definition) is 4. The highest BCUT2D eigenvalue weighted by Gasteiger charge is 2.26. The smallest absolute Gasteiger partial charge is 0.254 e. The minimum Gasteiger partial charge on any atom is -0.340 e. The van der Waals surface area contributed by atoms with Gasteiger partial charge in [0.15, 0.2) is 0 Å². The third-order valence-electron chi connectivity index (χ3n) is 4.42. The molecule has 0 saturated carbocycles. The Hall–Kier alpha value is -2.44. The number of aryl methyl sites for hydroxylation is 2. The van der Waals surface area contributed by atoms with Crippen LogP contribution < -0.4 is 5.56 Å². The SMILES string of the molecule is Cc1nc2c(c(=O)[nH]1)CCN(C(=O)C(C)n1ccnc1C)CC2. The average molecular weight is 315 g/mol.